The zero-order valence-corrected chi connectivity index (χ0v) is 11.8. The third-order valence-electron chi connectivity index (χ3n) is 2.82. The van der Waals surface area contributed by atoms with Crippen LogP contribution in [0.3, 0.4) is 0 Å². The highest BCUT2D eigenvalue weighted by Gasteiger charge is 2.08. The van der Waals surface area contributed by atoms with E-state index in [1.54, 1.807) is 12.1 Å². The number of aromatic amines is 1. The summed E-state index contributed by atoms with van der Waals surface area (Å²) in [6.45, 7) is 2.02. The molecule has 0 amide bonds. The van der Waals surface area contributed by atoms with Crippen LogP contribution in [-0.2, 0) is 0 Å². The van der Waals surface area contributed by atoms with Crippen molar-refractivity contribution in [3.8, 4) is 11.6 Å². The summed E-state index contributed by atoms with van der Waals surface area (Å²) >= 11 is 0. The number of H-pyrrole nitrogens is 1. The Morgan fingerprint density at radius 1 is 1.35 bits per heavy atom. The van der Waals surface area contributed by atoms with Crippen molar-refractivity contribution >= 4 is 18.1 Å². The van der Waals surface area contributed by atoms with E-state index in [2.05, 4.69) is 9.97 Å². The van der Waals surface area contributed by atoms with E-state index in [-0.39, 0.29) is 30.0 Å². The van der Waals surface area contributed by atoms with Gasteiger partial charge in [0.2, 0.25) is 5.88 Å². The van der Waals surface area contributed by atoms with Crippen molar-refractivity contribution in [3.05, 3.63) is 46.5 Å². The lowest BCUT2D eigenvalue weighted by Gasteiger charge is -2.10. The fraction of sp³-hybridized carbons (Fsp3) is 0.231. The van der Waals surface area contributed by atoms with Crippen molar-refractivity contribution in [2.24, 2.45) is 5.73 Å². The molecule has 0 saturated carbocycles. The lowest BCUT2D eigenvalue weighted by atomic mass is 10.1. The minimum Gasteiger partial charge on any atom is -0.437 e. The number of nitrogens with two attached hydrogens (primary N) is 2. The Labute approximate surface area is 122 Å². The van der Waals surface area contributed by atoms with Crippen LogP contribution in [0.25, 0.3) is 0 Å². The molecular formula is C13H17ClN4O2. The van der Waals surface area contributed by atoms with E-state index in [1.807, 2.05) is 19.1 Å². The topological polar surface area (TPSA) is 107 Å². The van der Waals surface area contributed by atoms with Crippen molar-refractivity contribution in [1.82, 2.24) is 9.97 Å². The van der Waals surface area contributed by atoms with Gasteiger partial charge >= 0.3 is 0 Å². The third-order valence-corrected chi connectivity index (χ3v) is 2.82. The first-order valence-electron chi connectivity index (χ1n) is 5.98. The van der Waals surface area contributed by atoms with Crippen LogP contribution in [0.4, 0.5) is 5.69 Å². The number of ether oxygens (including phenoxy) is 1. The van der Waals surface area contributed by atoms with Gasteiger partial charge in [-0.25, -0.2) is 4.98 Å². The normalized spacial score (nSPS) is 11.5. The number of rotatable bonds is 4. The van der Waals surface area contributed by atoms with E-state index >= 15 is 0 Å². The molecule has 1 atom stereocenters. The van der Waals surface area contributed by atoms with Gasteiger partial charge in [-0.1, -0.05) is 19.1 Å². The molecule has 20 heavy (non-hydrogen) atoms. The average Bonchev–Trinajstić information content (AvgIpc) is 2.44. The van der Waals surface area contributed by atoms with Gasteiger partial charge in [0.05, 0.1) is 6.33 Å². The van der Waals surface area contributed by atoms with E-state index in [0.29, 0.717) is 5.75 Å². The highest BCUT2D eigenvalue weighted by Crippen LogP contribution is 2.24. The van der Waals surface area contributed by atoms with Crippen LogP contribution in [0.15, 0.2) is 35.4 Å². The Hall–Kier alpha value is -2.05. The Kier molecular flexibility index (Phi) is 5.54. The van der Waals surface area contributed by atoms with Gasteiger partial charge in [0.15, 0.2) is 5.69 Å². The number of hydrogen-bond acceptors (Lipinski definition) is 5. The van der Waals surface area contributed by atoms with E-state index in [9.17, 15) is 4.79 Å². The molecule has 108 valence electrons. The van der Waals surface area contributed by atoms with E-state index in [0.717, 1.165) is 12.0 Å². The van der Waals surface area contributed by atoms with Gasteiger partial charge < -0.3 is 21.2 Å². The predicted molar refractivity (Wildman–Crippen MR) is 80.3 cm³/mol. The van der Waals surface area contributed by atoms with Crippen molar-refractivity contribution < 1.29 is 4.74 Å². The molecule has 0 bridgehead atoms. The van der Waals surface area contributed by atoms with Gasteiger partial charge in [-0.3, -0.25) is 4.79 Å². The number of hydrogen-bond donors (Lipinski definition) is 3. The maximum atomic E-state index is 11.3. The number of nitrogens with zero attached hydrogens (tertiary/aromatic N) is 1. The average molecular weight is 297 g/mol. The van der Waals surface area contributed by atoms with Gasteiger partial charge in [0, 0.05) is 6.04 Å². The van der Waals surface area contributed by atoms with Crippen LogP contribution < -0.4 is 21.8 Å². The summed E-state index contributed by atoms with van der Waals surface area (Å²) in [5.74, 6) is 0.646. The lowest BCUT2D eigenvalue weighted by molar-refractivity contribution is 0.463. The second kappa shape index (κ2) is 6.93. The fourth-order valence-corrected chi connectivity index (χ4v) is 1.61. The summed E-state index contributed by atoms with van der Waals surface area (Å²) in [6.07, 6.45) is 2.11. The molecular weight excluding hydrogens is 280 g/mol. The van der Waals surface area contributed by atoms with E-state index in [1.165, 1.54) is 6.33 Å². The first kappa shape index (κ1) is 16.0. The predicted octanol–water partition coefficient (Wildman–Crippen LogP) is 1.98. The zero-order valence-electron chi connectivity index (χ0n) is 11.0. The number of nitrogens with one attached hydrogen (secondary N) is 1. The summed E-state index contributed by atoms with van der Waals surface area (Å²) in [7, 11) is 0. The van der Waals surface area contributed by atoms with Crippen LogP contribution in [0, 0.1) is 0 Å². The molecule has 2 rings (SSSR count). The van der Waals surface area contributed by atoms with Crippen molar-refractivity contribution in [3.63, 3.8) is 0 Å². The Bertz CT molecular complexity index is 613. The summed E-state index contributed by atoms with van der Waals surface area (Å²) in [5, 5.41) is 0. The Balaban J connectivity index is 0.00000200. The smallest absolute Gasteiger partial charge is 0.277 e. The SMILES string of the molecule is CCC(N)c1ccc(Oc2nc[nH]c(=O)c2N)cc1.Cl. The minimum atomic E-state index is -0.422. The molecule has 6 nitrogen and oxygen atoms in total. The molecule has 0 fully saturated rings. The quantitative estimate of drug-likeness (QED) is 0.799. The molecule has 1 heterocycles. The highest BCUT2D eigenvalue weighted by molar-refractivity contribution is 5.85. The molecule has 0 spiro atoms. The molecule has 0 radical (unpaired) electrons. The van der Waals surface area contributed by atoms with Crippen LogP contribution in [0.1, 0.15) is 24.9 Å². The van der Waals surface area contributed by atoms with E-state index in [4.69, 9.17) is 16.2 Å². The maximum Gasteiger partial charge on any atom is 0.277 e. The number of halogens is 1. The van der Waals surface area contributed by atoms with Gasteiger partial charge in [-0.15, -0.1) is 12.4 Å². The lowest BCUT2D eigenvalue weighted by Crippen LogP contribution is -2.13. The molecule has 0 aliphatic carbocycles. The third kappa shape index (κ3) is 3.49. The van der Waals surface area contributed by atoms with Crippen molar-refractivity contribution in [2.45, 2.75) is 19.4 Å². The molecule has 5 N–H and O–H groups in total. The highest BCUT2D eigenvalue weighted by atomic mass is 35.5. The first-order chi connectivity index (χ1) is 9.11. The summed E-state index contributed by atoms with van der Waals surface area (Å²) < 4.78 is 5.46. The number of anilines is 1. The van der Waals surface area contributed by atoms with Gasteiger partial charge in [0.25, 0.3) is 5.56 Å². The number of nitrogen functional groups attached to an aromatic ring is 1. The molecule has 0 aliphatic rings. The molecule has 7 heteroatoms. The van der Waals surface area contributed by atoms with Gasteiger partial charge in [0.1, 0.15) is 5.75 Å². The standard InChI is InChI=1S/C13H16N4O2.ClH/c1-2-10(14)8-3-5-9(6-4-8)19-13-11(15)12(18)16-7-17-13;/h3-7,10H,2,14-15H2,1H3,(H,16,17,18);1H. The second-order valence-corrected chi connectivity index (χ2v) is 4.14. The van der Waals surface area contributed by atoms with E-state index < -0.39 is 5.56 Å². The summed E-state index contributed by atoms with van der Waals surface area (Å²) in [5.41, 5.74) is 12.1. The van der Waals surface area contributed by atoms with Gasteiger partial charge in [-0.2, -0.15) is 0 Å². The number of benzene rings is 1. The Morgan fingerprint density at radius 3 is 2.60 bits per heavy atom. The maximum absolute atomic E-state index is 11.3. The minimum absolute atomic E-state index is 0. The van der Waals surface area contributed by atoms with Crippen LogP contribution in [-0.4, -0.2) is 9.97 Å². The first-order valence-corrected chi connectivity index (χ1v) is 5.98. The van der Waals surface area contributed by atoms with Gasteiger partial charge in [-0.05, 0) is 24.1 Å². The van der Waals surface area contributed by atoms with Crippen LogP contribution in [0.2, 0.25) is 0 Å². The molecule has 1 aromatic carbocycles. The molecule has 1 unspecified atom stereocenters. The molecule has 0 saturated heterocycles. The second-order valence-electron chi connectivity index (χ2n) is 4.14. The Morgan fingerprint density at radius 2 is 2.00 bits per heavy atom. The molecule has 0 aliphatic heterocycles. The zero-order chi connectivity index (χ0) is 13.8. The molecule has 2 aromatic rings. The van der Waals surface area contributed by atoms with Crippen molar-refractivity contribution in [2.75, 3.05) is 5.73 Å². The van der Waals surface area contributed by atoms with Crippen molar-refractivity contribution in [1.29, 1.82) is 0 Å². The van der Waals surface area contributed by atoms with Crippen LogP contribution in [0.5, 0.6) is 11.6 Å². The summed E-state index contributed by atoms with van der Waals surface area (Å²) in [6, 6.07) is 7.32. The number of aromatic nitrogens is 2. The monoisotopic (exact) mass is 296 g/mol. The fourth-order valence-electron chi connectivity index (χ4n) is 1.61. The largest absolute Gasteiger partial charge is 0.437 e. The molecule has 1 aromatic heterocycles. The van der Waals surface area contributed by atoms with Crippen LogP contribution >= 0.6 is 12.4 Å². The summed E-state index contributed by atoms with van der Waals surface area (Å²) in [4.78, 5) is 17.5.